The summed E-state index contributed by atoms with van der Waals surface area (Å²) in [6.45, 7) is 7.33. The molecule has 1 aromatic rings. The Morgan fingerprint density at radius 2 is 1.54 bits per heavy atom. The van der Waals surface area contributed by atoms with Gasteiger partial charge in [0.2, 0.25) is 0 Å². The van der Waals surface area contributed by atoms with Gasteiger partial charge < -0.3 is 10.2 Å². The number of hydrogen-bond donors (Lipinski definition) is 1. The Kier molecular flexibility index (Phi) is 5.52. The average molecular weight is 354 g/mol. The molecule has 0 saturated carbocycles. The van der Waals surface area contributed by atoms with Gasteiger partial charge in [0, 0.05) is 46.0 Å². The van der Waals surface area contributed by atoms with E-state index in [0.29, 0.717) is 26.2 Å². The van der Waals surface area contributed by atoms with Crippen LogP contribution in [0.4, 0.5) is 10.5 Å². The van der Waals surface area contributed by atoms with E-state index in [0.717, 1.165) is 22.4 Å². The summed E-state index contributed by atoms with van der Waals surface area (Å²) in [6.07, 6.45) is 0. The van der Waals surface area contributed by atoms with E-state index < -0.39 is 10.2 Å². The van der Waals surface area contributed by atoms with Crippen LogP contribution in [0.2, 0.25) is 0 Å². The minimum absolute atomic E-state index is 0.188. The molecule has 0 spiro atoms. The van der Waals surface area contributed by atoms with Gasteiger partial charge >= 0.3 is 6.03 Å². The first-order chi connectivity index (χ1) is 11.1. The number of piperazine rings is 1. The lowest BCUT2D eigenvalue weighted by atomic mass is 10.1. The monoisotopic (exact) mass is 354 g/mol. The Hall–Kier alpha value is -1.64. The Bertz CT molecular complexity index is 700. The first kappa shape index (κ1) is 18.7. The fraction of sp³-hybridized carbons (Fsp3) is 0.562. The molecule has 24 heavy (non-hydrogen) atoms. The molecule has 1 fully saturated rings. The summed E-state index contributed by atoms with van der Waals surface area (Å²) in [5.41, 5.74) is 4.03. The smallest absolute Gasteiger partial charge is 0.321 e. The molecule has 134 valence electrons. The van der Waals surface area contributed by atoms with Crippen molar-refractivity contribution in [1.29, 1.82) is 0 Å². The van der Waals surface area contributed by atoms with Crippen molar-refractivity contribution >= 4 is 21.9 Å². The van der Waals surface area contributed by atoms with Gasteiger partial charge in [0.1, 0.15) is 0 Å². The van der Waals surface area contributed by atoms with Crippen molar-refractivity contribution in [2.24, 2.45) is 0 Å². The van der Waals surface area contributed by atoms with Crippen molar-refractivity contribution in [3.05, 3.63) is 28.8 Å². The van der Waals surface area contributed by atoms with E-state index in [9.17, 15) is 13.2 Å². The summed E-state index contributed by atoms with van der Waals surface area (Å²) in [6, 6.07) is 3.88. The van der Waals surface area contributed by atoms with E-state index >= 15 is 0 Å². The van der Waals surface area contributed by atoms with Crippen molar-refractivity contribution in [2.45, 2.75) is 20.8 Å². The Labute approximate surface area is 144 Å². The normalized spacial score (nSPS) is 16.5. The molecule has 1 saturated heterocycles. The highest BCUT2D eigenvalue weighted by Crippen LogP contribution is 2.22. The molecule has 1 aliphatic rings. The lowest BCUT2D eigenvalue weighted by Gasteiger charge is -2.35. The number of nitrogens with one attached hydrogen (secondary N) is 1. The number of aryl methyl sites for hydroxylation is 3. The van der Waals surface area contributed by atoms with E-state index in [1.54, 1.807) is 4.90 Å². The minimum atomic E-state index is -3.42. The molecule has 1 N–H and O–H groups in total. The van der Waals surface area contributed by atoms with Crippen molar-refractivity contribution in [1.82, 2.24) is 13.5 Å². The molecule has 0 aliphatic carbocycles. The second-order valence-corrected chi connectivity index (χ2v) is 8.52. The molecular weight excluding hydrogens is 328 g/mol. The van der Waals surface area contributed by atoms with Crippen LogP contribution in [0.5, 0.6) is 0 Å². The number of anilines is 1. The van der Waals surface area contributed by atoms with Gasteiger partial charge in [0.25, 0.3) is 10.2 Å². The van der Waals surface area contributed by atoms with Crippen molar-refractivity contribution < 1.29 is 13.2 Å². The number of benzene rings is 1. The summed E-state index contributed by atoms with van der Waals surface area (Å²) in [5.74, 6) is 0. The molecule has 0 radical (unpaired) electrons. The summed E-state index contributed by atoms with van der Waals surface area (Å²) < 4.78 is 26.8. The number of hydrogen-bond acceptors (Lipinski definition) is 3. The molecule has 1 heterocycles. The summed E-state index contributed by atoms with van der Waals surface area (Å²) in [7, 11) is -0.395. The van der Waals surface area contributed by atoms with E-state index in [-0.39, 0.29) is 6.03 Å². The van der Waals surface area contributed by atoms with Crippen LogP contribution in [0.25, 0.3) is 0 Å². The predicted molar refractivity (Wildman–Crippen MR) is 95.4 cm³/mol. The summed E-state index contributed by atoms with van der Waals surface area (Å²) in [5, 5.41) is 2.96. The number of carbonyl (C=O) groups is 1. The zero-order valence-electron chi connectivity index (χ0n) is 15.0. The summed E-state index contributed by atoms with van der Waals surface area (Å²) >= 11 is 0. The van der Waals surface area contributed by atoms with Gasteiger partial charge in [-0.2, -0.15) is 17.0 Å². The van der Waals surface area contributed by atoms with Gasteiger partial charge in [-0.05, 0) is 31.9 Å². The zero-order chi connectivity index (χ0) is 18.1. The molecule has 7 nitrogen and oxygen atoms in total. The van der Waals surface area contributed by atoms with Crippen LogP contribution in [-0.2, 0) is 10.2 Å². The molecule has 8 heteroatoms. The maximum absolute atomic E-state index is 12.5. The quantitative estimate of drug-likeness (QED) is 0.895. The van der Waals surface area contributed by atoms with E-state index in [1.165, 1.54) is 22.7 Å². The third-order valence-corrected chi connectivity index (χ3v) is 6.16. The Morgan fingerprint density at radius 3 is 2.00 bits per heavy atom. The first-order valence-electron chi connectivity index (χ1n) is 7.94. The van der Waals surface area contributed by atoms with Crippen LogP contribution >= 0.6 is 0 Å². The lowest BCUT2D eigenvalue weighted by Crippen LogP contribution is -2.53. The predicted octanol–water partition coefficient (Wildman–Crippen LogP) is 1.57. The number of amides is 2. The van der Waals surface area contributed by atoms with Gasteiger partial charge in [-0.15, -0.1) is 0 Å². The lowest BCUT2D eigenvalue weighted by molar-refractivity contribution is 0.182. The second kappa shape index (κ2) is 7.08. The molecule has 1 aliphatic heterocycles. The largest absolute Gasteiger partial charge is 0.322 e. The third kappa shape index (κ3) is 3.88. The van der Waals surface area contributed by atoms with Crippen molar-refractivity contribution in [3.8, 4) is 0 Å². The van der Waals surface area contributed by atoms with Crippen LogP contribution in [0, 0.1) is 20.8 Å². The van der Waals surface area contributed by atoms with Gasteiger partial charge in [-0.3, -0.25) is 0 Å². The van der Waals surface area contributed by atoms with E-state index in [4.69, 9.17) is 0 Å². The maximum Gasteiger partial charge on any atom is 0.321 e. The molecule has 1 aromatic carbocycles. The van der Waals surface area contributed by atoms with Crippen molar-refractivity contribution in [2.75, 3.05) is 45.6 Å². The van der Waals surface area contributed by atoms with Crippen LogP contribution in [-0.4, -0.2) is 68.2 Å². The molecular formula is C16H26N4O3S. The second-order valence-electron chi connectivity index (χ2n) is 6.38. The summed E-state index contributed by atoms with van der Waals surface area (Å²) in [4.78, 5) is 14.1. The third-order valence-electron chi connectivity index (χ3n) is 4.22. The standard InChI is InChI=1S/C16H26N4O3S/c1-12-10-13(2)15(14(3)11-12)17-16(21)19-6-8-20(9-7-19)24(22,23)18(4)5/h10-11H,6-9H2,1-5H3,(H,17,21). The van der Waals surface area contributed by atoms with Crippen LogP contribution in [0.3, 0.4) is 0 Å². The number of rotatable bonds is 3. The number of carbonyl (C=O) groups excluding carboxylic acids is 1. The molecule has 2 rings (SSSR count). The molecule has 0 aromatic heterocycles. The SMILES string of the molecule is Cc1cc(C)c(NC(=O)N2CCN(S(=O)(=O)N(C)C)CC2)c(C)c1. The highest BCUT2D eigenvalue weighted by atomic mass is 32.2. The fourth-order valence-corrected chi connectivity index (χ4v) is 4.00. The Balaban J connectivity index is 2.02. The van der Waals surface area contributed by atoms with Crippen LogP contribution in [0.1, 0.15) is 16.7 Å². The van der Waals surface area contributed by atoms with Gasteiger partial charge in [-0.25, -0.2) is 4.79 Å². The number of nitrogens with zero attached hydrogens (tertiary/aromatic N) is 3. The average Bonchev–Trinajstić information content (AvgIpc) is 2.50. The highest BCUT2D eigenvalue weighted by Gasteiger charge is 2.30. The zero-order valence-corrected chi connectivity index (χ0v) is 15.8. The van der Waals surface area contributed by atoms with E-state index in [2.05, 4.69) is 5.32 Å². The Morgan fingerprint density at radius 1 is 1.04 bits per heavy atom. The topological polar surface area (TPSA) is 73.0 Å². The van der Waals surface area contributed by atoms with Crippen molar-refractivity contribution in [3.63, 3.8) is 0 Å². The number of urea groups is 1. The maximum atomic E-state index is 12.5. The minimum Gasteiger partial charge on any atom is -0.322 e. The van der Waals surface area contributed by atoms with Gasteiger partial charge in [-0.1, -0.05) is 17.7 Å². The van der Waals surface area contributed by atoms with Gasteiger partial charge in [0.15, 0.2) is 0 Å². The molecule has 0 unspecified atom stereocenters. The van der Waals surface area contributed by atoms with Crippen LogP contribution in [0.15, 0.2) is 12.1 Å². The van der Waals surface area contributed by atoms with Gasteiger partial charge in [0.05, 0.1) is 0 Å². The molecule has 2 amide bonds. The fourth-order valence-electron chi connectivity index (χ4n) is 2.92. The molecule has 0 atom stereocenters. The highest BCUT2D eigenvalue weighted by molar-refractivity contribution is 7.86. The first-order valence-corrected chi connectivity index (χ1v) is 9.34. The van der Waals surface area contributed by atoms with Crippen LogP contribution < -0.4 is 5.32 Å². The van der Waals surface area contributed by atoms with E-state index in [1.807, 2.05) is 32.9 Å². The molecule has 0 bridgehead atoms.